The maximum atomic E-state index is 14.4. The number of nitrogens with one attached hydrogen (secondary N) is 1. The van der Waals surface area contributed by atoms with Crippen LogP contribution in [0.2, 0.25) is 0 Å². The van der Waals surface area contributed by atoms with Crippen LogP contribution in [0, 0.1) is 0 Å². The van der Waals surface area contributed by atoms with Crippen LogP contribution in [0.5, 0.6) is 5.75 Å². The molecule has 50 heavy (non-hydrogen) atoms. The van der Waals surface area contributed by atoms with Gasteiger partial charge in [-0.2, -0.15) is 10.2 Å². The van der Waals surface area contributed by atoms with Gasteiger partial charge in [-0.1, -0.05) is 101 Å². The van der Waals surface area contributed by atoms with Crippen LogP contribution in [0.4, 0.5) is 5.82 Å². The first-order valence-corrected chi connectivity index (χ1v) is 19.2. The van der Waals surface area contributed by atoms with Crippen LogP contribution in [0.25, 0.3) is 16.3 Å². The number of esters is 1. The molecule has 0 aliphatic carbocycles. The molecule has 1 aliphatic rings. The number of carbonyl (C=O) groups is 1. The number of anilines is 1. The van der Waals surface area contributed by atoms with E-state index in [1.165, 1.54) is 62.7 Å². The van der Waals surface area contributed by atoms with Crippen LogP contribution in [0.3, 0.4) is 0 Å². The molecular weight excluding hydrogens is 661 g/mol. The van der Waals surface area contributed by atoms with Crippen molar-refractivity contribution >= 4 is 35.8 Å². The van der Waals surface area contributed by atoms with E-state index in [0.29, 0.717) is 16.6 Å². The van der Waals surface area contributed by atoms with Crippen molar-refractivity contribution in [1.29, 1.82) is 0 Å². The SMILES string of the molecule is CCCCCCCCCCCCOC(=O)[C@H](C)NP(=O)(OC[C@H]1O[C@@H](c2ccc3c(N)ncnn23)[C@H](O)[C@@H]1O)Oc1cccc2ccccc12. The highest BCUT2D eigenvalue weighted by molar-refractivity contribution is 7.52. The second-order valence-corrected chi connectivity index (χ2v) is 14.5. The molecule has 14 heteroatoms. The lowest BCUT2D eigenvalue weighted by Crippen LogP contribution is -2.37. The van der Waals surface area contributed by atoms with Gasteiger partial charge in [-0.05, 0) is 36.9 Å². The number of ether oxygens (including phenoxy) is 2. The Morgan fingerprint density at radius 3 is 2.44 bits per heavy atom. The number of fused-ring (bicyclic) bond motifs is 2. The molecule has 3 heterocycles. The minimum atomic E-state index is -4.31. The molecule has 1 fully saturated rings. The lowest BCUT2D eigenvalue weighted by atomic mass is 10.1. The smallest absolute Gasteiger partial charge is 0.459 e. The second-order valence-electron chi connectivity index (χ2n) is 12.8. The van der Waals surface area contributed by atoms with Crippen molar-refractivity contribution in [3.63, 3.8) is 0 Å². The lowest BCUT2D eigenvalue weighted by Gasteiger charge is -2.25. The Kier molecular flexibility index (Phi) is 13.6. The van der Waals surface area contributed by atoms with Gasteiger partial charge in [-0.3, -0.25) is 9.32 Å². The summed E-state index contributed by atoms with van der Waals surface area (Å²) in [5, 5.41) is 30.3. The Bertz CT molecular complexity index is 1730. The number of hydrogen-bond donors (Lipinski definition) is 4. The van der Waals surface area contributed by atoms with Gasteiger partial charge in [0.1, 0.15) is 48.1 Å². The largest absolute Gasteiger partial charge is 0.465 e. The third kappa shape index (κ3) is 9.60. The van der Waals surface area contributed by atoms with Crippen LogP contribution >= 0.6 is 7.75 Å². The molecule has 0 bridgehead atoms. The number of benzene rings is 2. The first-order valence-electron chi connectivity index (χ1n) is 17.7. The minimum absolute atomic E-state index is 0.243. The van der Waals surface area contributed by atoms with Gasteiger partial charge in [-0.15, -0.1) is 0 Å². The molecule has 5 N–H and O–H groups in total. The van der Waals surface area contributed by atoms with Gasteiger partial charge < -0.3 is 29.9 Å². The highest BCUT2D eigenvalue weighted by atomic mass is 31.2. The van der Waals surface area contributed by atoms with Crippen molar-refractivity contribution < 1.29 is 38.1 Å². The molecule has 0 saturated carbocycles. The number of nitrogen functional groups attached to an aromatic ring is 1. The number of rotatable bonds is 20. The van der Waals surface area contributed by atoms with Crippen LogP contribution in [-0.4, -0.2) is 68.3 Å². The molecule has 4 aromatic rings. The third-order valence-electron chi connectivity index (χ3n) is 8.99. The van der Waals surface area contributed by atoms with Crippen LogP contribution in [0.1, 0.15) is 89.9 Å². The highest BCUT2D eigenvalue weighted by Gasteiger charge is 2.46. The van der Waals surface area contributed by atoms with Crippen molar-refractivity contribution in [1.82, 2.24) is 19.7 Å². The normalized spacial score (nSPS) is 21.0. The molecule has 5 rings (SSSR count). The van der Waals surface area contributed by atoms with E-state index < -0.39 is 50.8 Å². The highest BCUT2D eigenvalue weighted by Crippen LogP contribution is 2.48. The molecular formula is C36H50N5O8P. The average Bonchev–Trinajstić information content (AvgIpc) is 3.67. The Morgan fingerprint density at radius 1 is 0.980 bits per heavy atom. The van der Waals surface area contributed by atoms with Crippen LogP contribution in [0.15, 0.2) is 60.9 Å². The Balaban J connectivity index is 1.20. The fraction of sp³-hybridized carbons (Fsp3) is 0.528. The Hall–Kier alpha value is -3.58. The van der Waals surface area contributed by atoms with Gasteiger partial charge in [0, 0.05) is 5.39 Å². The summed E-state index contributed by atoms with van der Waals surface area (Å²) in [7, 11) is -4.31. The van der Waals surface area contributed by atoms with E-state index >= 15 is 0 Å². The summed E-state index contributed by atoms with van der Waals surface area (Å²) >= 11 is 0. The van der Waals surface area contributed by atoms with Crippen molar-refractivity contribution in [2.75, 3.05) is 18.9 Å². The number of nitrogens with zero attached hydrogens (tertiary/aromatic N) is 3. The fourth-order valence-corrected chi connectivity index (χ4v) is 7.68. The minimum Gasteiger partial charge on any atom is -0.465 e. The van der Waals surface area contributed by atoms with Gasteiger partial charge in [0.05, 0.1) is 18.9 Å². The number of hydrogen-bond acceptors (Lipinski definition) is 11. The van der Waals surface area contributed by atoms with E-state index in [-0.39, 0.29) is 18.2 Å². The summed E-state index contributed by atoms with van der Waals surface area (Å²) in [6, 6.07) is 15.0. The van der Waals surface area contributed by atoms with E-state index in [0.717, 1.165) is 24.6 Å². The summed E-state index contributed by atoms with van der Waals surface area (Å²) in [6.45, 7) is 3.56. The van der Waals surface area contributed by atoms with E-state index in [1.807, 2.05) is 30.3 Å². The number of nitrogens with two attached hydrogens (primary N) is 1. The molecule has 0 spiro atoms. The van der Waals surface area contributed by atoms with Crippen LogP contribution < -0.4 is 15.3 Å². The maximum absolute atomic E-state index is 14.4. The number of aromatic nitrogens is 3. The zero-order valence-corrected chi connectivity index (χ0v) is 29.8. The standard InChI is InChI=1S/C36H50N5O8P/c1-3-4-5-6-7-8-9-10-11-14-22-46-36(44)25(2)40-50(45,49-30-19-15-17-26-16-12-13-18-27(26)30)47-23-31-32(42)33(43)34(48-31)28-20-21-29-35(37)38-24-39-41(28)29/h12-13,15-21,24-25,31-34,42-43H,3-11,14,22-23H2,1-2H3,(H,40,45)(H2,37,38,39)/t25-,31+,32+,33+,34-,50?/m0/s1. The maximum Gasteiger partial charge on any atom is 0.459 e. The Morgan fingerprint density at radius 2 is 1.68 bits per heavy atom. The molecule has 1 aliphatic heterocycles. The average molecular weight is 712 g/mol. The van der Waals surface area contributed by atoms with E-state index in [9.17, 15) is 19.6 Å². The number of aliphatic hydroxyl groups is 2. The van der Waals surface area contributed by atoms with Gasteiger partial charge in [0.25, 0.3) is 0 Å². The Labute approximate surface area is 293 Å². The van der Waals surface area contributed by atoms with Crippen LogP contribution in [-0.2, 0) is 23.4 Å². The molecule has 13 nitrogen and oxygen atoms in total. The van der Waals surface area contributed by atoms with E-state index in [2.05, 4.69) is 22.1 Å². The number of unbranched alkanes of at least 4 members (excludes halogenated alkanes) is 9. The van der Waals surface area contributed by atoms with Gasteiger partial charge in [0.2, 0.25) is 0 Å². The first kappa shape index (κ1) is 37.7. The summed E-state index contributed by atoms with van der Waals surface area (Å²) in [5.41, 5.74) is 6.91. The molecule has 2 aromatic heterocycles. The molecule has 0 radical (unpaired) electrons. The number of aliphatic hydroxyl groups excluding tert-OH is 2. The van der Waals surface area contributed by atoms with E-state index in [4.69, 9.17) is 24.3 Å². The summed E-state index contributed by atoms with van der Waals surface area (Å²) in [5.74, 6) is -0.0826. The molecule has 1 saturated heterocycles. The predicted molar refractivity (Wildman–Crippen MR) is 191 cm³/mol. The van der Waals surface area contributed by atoms with Crippen molar-refractivity contribution in [3.05, 3.63) is 66.6 Å². The lowest BCUT2D eigenvalue weighted by molar-refractivity contribution is -0.145. The summed E-state index contributed by atoms with van der Waals surface area (Å²) in [4.78, 5) is 16.9. The topological polar surface area (TPSA) is 180 Å². The van der Waals surface area contributed by atoms with Gasteiger partial charge in [0.15, 0.2) is 5.82 Å². The van der Waals surface area contributed by atoms with Gasteiger partial charge in [-0.25, -0.2) is 14.1 Å². The van der Waals surface area contributed by atoms with Crippen molar-refractivity contribution in [3.8, 4) is 5.75 Å². The molecule has 1 unspecified atom stereocenters. The number of carbonyl (C=O) groups excluding carboxylic acids is 1. The molecule has 6 atom stereocenters. The third-order valence-corrected chi connectivity index (χ3v) is 10.6. The van der Waals surface area contributed by atoms with Crippen molar-refractivity contribution in [2.24, 2.45) is 0 Å². The zero-order valence-electron chi connectivity index (χ0n) is 28.9. The first-order chi connectivity index (χ1) is 24.2. The fourth-order valence-electron chi connectivity index (χ4n) is 6.16. The quantitative estimate of drug-likeness (QED) is 0.0459. The predicted octanol–water partition coefficient (Wildman–Crippen LogP) is 6.27. The molecule has 272 valence electrons. The second kappa shape index (κ2) is 18.1. The monoisotopic (exact) mass is 711 g/mol. The molecule has 2 aromatic carbocycles. The molecule has 0 amide bonds. The van der Waals surface area contributed by atoms with E-state index in [1.54, 1.807) is 24.3 Å². The summed E-state index contributed by atoms with van der Waals surface area (Å²) < 4.78 is 39.2. The van der Waals surface area contributed by atoms with Gasteiger partial charge >= 0.3 is 13.7 Å². The summed E-state index contributed by atoms with van der Waals surface area (Å²) in [6.07, 6.45) is 8.03. The zero-order chi connectivity index (χ0) is 35.5. The van der Waals surface area contributed by atoms with Crippen molar-refractivity contribution in [2.45, 2.75) is 109 Å².